The van der Waals surface area contributed by atoms with E-state index < -0.39 is 6.04 Å². The summed E-state index contributed by atoms with van der Waals surface area (Å²) in [7, 11) is 0. The van der Waals surface area contributed by atoms with Crippen LogP contribution >= 0.6 is 0 Å². The van der Waals surface area contributed by atoms with Crippen molar-refractivity contribution in [3.63, 3.8) is 0 Å². The fourth-order valence-corrected chi connectivity index (χ4v) is 1.76. The minimum Gasteiger partial charge on any atom is -0.461 e. The number of carbonyl (C=O) groups excluding carboxylic acids is 2. The van der Waals surface area contributed by atoms with E-state index in [1.165, 1.54) is 6.92 Å². The highest BCUT2D eigenvalue weighted by molar-refractivity contribution is 5.83. The van der Waals surface area contributed by atoms with E-state index in [0.717, 1.165) is 12.0 Å². The van der Waals surface area contributed by atoms with Gasteiger partial charge in [0.05, 0.1) is 6.10 Å². The van der Waals surface area contributed by atoms with Gasteiger partial charge in [-0.2, -0.15) is 0 Å². The monoisotopic (exact) mass is 263 g/mol. The predicted molar refractivity (Wildman–Crippen MR) is 73.6 cm³/mol. The van der Waals surface area contributed by atoms with Crippen LogP contribution in [0.2, 0.25) is 0 Å². The van der Waals surface area contributed by atoms with E-state index in [2.05, 4.69) is 5.32 Å². The maximum absolute atomic E-state index is 11.9. The van der Waals surface area contributed by atoms with E-state index in [1.807, 2.05) is 30.3 Å². The molecule has 0 aromatic heterocycles. The van der Waals surface area contributed by atoms with Crippen LogP contribution in [0.25, 0.3) is 0 Å². The number of hydrogen-bond donors (Lipinski definition) is 1. The van der Waals surface area contributed by atoms with Crippen LogP contribution < -0.4 is 5.32 Å². The quantitative estimate of drug-likeness (QED) is 0.799. The summed E-state index contributed by atoms with van der Waals surface area (Å²) in [5.74, 6) is -0.597. The lowest BCUT2D eigenvalue weighted by Crippen LogP contribution is -2.41. The molecule has 1 aromatic rings. The Labute approximate surface area is 114 Å². The number of ether oxygens (including phenoxy) is 1. The molecule has 0 spiro atoms. The molecular formula is C15H21NO3. The lowest BCUT2D eigenvalue weighted by Gasteiger charge is -2.18. The van der Waals surface area contributed by atoms with Crippen molar-refractivity contribution in [1.29, 1.82) is 0 Å². The van der Waals surface area contributed by atoms with Crippen molar-refractivity contribution < 1.29 is 14.3 Å². The zero-order valence-corrected chi connectivity index (χ0v) is 11.7. The van der Waals surface area contributed by atoms with E-state index >= 15 is 0 Å². The third-order valence-corrected chi connectivity index (χ3v) is 2.58. The number of rotatable bonds is 6. The molecule has 1 amide bonds. The molecule has 0 fully saturated rings. The zero-order chi connectivity index (χ0) is 14.3. The minimum atomic E-state index is -0.583. The number of esters is 1. The second-order valence-electron chi connectivity index (χ2n) is 4.76. The summed E-state index contributed by atoms with van der Waals surface area (Å²) in [6.07, 6.45) is 1.08. The third-order valence-electron chi connectivity index (χ3n) is 2.58. The van der Waals surface area contributed by atoms with Crippen molar-refractivity contribution in [3.8, 4) is 0 Å². The highest BCUT2D eigenvalue weighted by atomic mass is 16.5. The van der Waals surface area contributed by atoms with E-state index in [-0.39, 0.29) is 18.0 Å². The Balaban J connectivity index is 2.59. The van der Waals surface area contributed by atoms with Crippen LogP contribution in [-0.2, 0) is 20.7 Å². The van der Waals surface area contributed by atoms with Gasteiger partial charge in [0.25, 0.3) is 0 Å². The van der Waals surface area contributed by atoms with Crippen molar-refractivity contribution in [1.82, 2.24) is 5.32 Å². The Kier molecular flexibility index (Phi) is 6.06. The van der Waals surface area contributed by atoms with Gasteiger partial charge in [-0.25, -0.2) is 4.79 Å². The number of amides is 1. The van der Waals surface area contributed by atoms with Crippen LogP contribution in [0.4, 0.5) is 0 Å². The second kappa shape index (κ2) is 7.56. The molecule has 0 radical (unpaired) electrons. The summed E-state index contributed by atoms with van der Waals surface area (Å²) < 4.78 is 5.15. The molecule has 0 saturated carbocycles. The Morgan fingerprint density at radius 1 is 1.21 bits per heavy atom. The Morgan fingerprint density at radius 2 is 1.84 bits per heavy atom. The maximum Gasteiger partial charge on any atom is 0.328 e. The first-order valence-corrected chi connectivity index (χ1v) is 6.50. The summed E-state index contributed by atoms with van der Waals surface area (Å²) in [6, 6.07) is 9.27. The Morgan fingerprint density at radius 3 is 2.37 bits per heavy atom. The molecule has 1 N–H and O–H groups in total. The molecule has 1 rings (SSSR count). The Hall–Kier alpha value is -1.84. The zero-order valence-electron chi connectivity index (χ0n) is 11.7. The molecule has 4 nitrogen and oxygen atoms in total. The van der Waals surface area contributed by atoms with Crippen molar-refractivity contribution in [2.24, 2.45) is 0 Å². The number of benzene rings is 1. The summed E-state index contributed by atoms with van der Waals surface area (Å²) >= 11 is 0. The van der Waals surface area contributed by atoms with Gasteiger partial charge in [-0.1, -0.05) is 30.3 Å². The van der Waals surface area contributed by atoms with Gasteiger partial charge in [-0.3, -0.25) is 4.79 Å². The average Bonchev–Trinajstić information content (AvgIpc) is 2.34. The third kappa shape index (κ3) is 6.04. The summed E-state index contributed by atoms with van der Waals surface area (Å²) in [4.78, 5) is 23.0. The first kappa shape index (κ1) is 15.2. The summed E-state index contributed by atoms with van der Waals surface area (Å²) in [6.45, 7) is 4.98. The van der Waals surface area contributed by atoms with Crippen LogP contribution in [0, 0.1) is 0 Å². The highest BCUT2D eigenvalue weighted by Gasteiger charge is 2.21. The van der Waals surface area contributed by atoms with Crippen molar-refractivity contribution >= 4 is 11.9 Å². The number of aryl methyl sites for hydroxylation is 1. The van der Waals surface area contributed by atoms with Gasteiger partial charge < -0.3 is 10.1 Å². The SMILES string of the molecule is CC(=O)NC(CCc1ccccc1)C(=O)OC(C)C. The molecule has 0 saturated heterocycles. The minimum absolute atomic E-state index is 0.180. The highest BCUT2D eigenvalue weighted by Crippen LogP contribution is 2.07. The van der Waals surface area contributed by atoms with Crippen molar-refractivity contribution in [2.75, 3.05) is 0 Å². The van der Waals surface area contributed by atoms with Crippen molar-refractivity contribution in [3.05, 3.63) is 35.9 Å². The lowest BCUT2D eigenvalue weighted by molar-refractivity contribution is -0.151. The largest absolute Gasteiger partial charge is 0.461 e. The van der Waals surface area contributed by atoms with Crippen LogP contribution in [0.1, 0.15) is 32.8 Å². The summed E-state index contributed by atoms with van der Waals surface area (Å²) in [5, 5.41) is 2.64. The molecule has 1 atom stereocenters. The van der Waals surface area contributed by atoms with E-state index in [4.69, 9.17) is 4.74 Å². The molecule has 0 aliphatic heterocycles. The smallest absolute Gasteiger partial charge is 0.328 e. The van der Waals surface area contributed by atoms with Crippen LogP contribution in [-0.4, -0.2) is 24.0 Å². The van der Waals surface area contributed by atoms with Crippen LogP contribution in [0.15, 0.2) is 30.3 Å². The first-order valence-electron chi connectivity index (χ1n) is 6.50. The number of nitrogens with one attached hydrogen (secondary N) is 1. The van der Waals surface area contributed by atoms with Crippen LogP contribution in [0.3, 0.4) is 0 Å². The molecule has 1 aromatic carbocycles. The predicted octanol–water partition coefficient (Wildman–Crippen LogP) is 2.08. The first-order chi connectivity index (χ1) is 8.99. The number of hydrogen-bond acceptors (Lipinski definition) is 3. The molecule has 0 aliphatic carbocycles. The summed E-state index contributed by atoms with van der Waals surface area (Å²) in [5.41, 5.74) is 1.13. The van der Waals surface area contributed by atoms with Crippen LogP contribution in [0.5, 0.6) is 0 Å². The molecule has 4 heteroatoms. The van der Waals surface area contributed by atoms with E-state index in [9.17, 15) is 9.59 Å². The molecule has 0 bridgehead atoms. The Bertz CT molecular complexity index is 415. The topological polar surface area (TPSA) is 55.4 Å². The van der Waals surface area contributed by atoms with Gasteiger partial charge in [0.1, 0.15) is 6.04 Å². The fourth-order valence-electron chi connectivity index (χ4n) is 1.76. The van der Waals surface area contributed by atoms with Gasteiger partial charge in [0, 0.05) is 6.92 Å². The van der Waals surface area contributed by atoms with Gasteiger partial charge in [-0.15, -0.1) is 0 Å². The average molecular weight is 263 g/mol. The fraction of sp³-hybridized carbons (Fsp3) is 0.467. The maximum atomic E-state index is 11.9. The van der Waals surface area contributed by atoms with E-state index in [1.54, 1.807) is 13.8 Å². The molecule has 104 valence electrons. The van der Waals surface area contributed by atoms with Gasteiger partial charge >= 0.3 is 5.97 Å². The van der Waals surface area contributed by atoms with Crippen molar-refractivity contribution in [2.45, 2.75) is 45.8 Å². The van der Waals surface area contributed by atoms with Gasteiger partial charge in [-0.05, 0) is 32.3 Å². The second-order valence-corrected chi connectivity index (χ2v) is 4.76. The molecule has 0 aliphatic rings. The van der Waals surface area contributed by atoms with Gasteiger partial charge in [0.15, 0.2) is 0 Å². The van der Waals surface area contributed by atoms with Gasteiger partial charge in [0.2, 0.25) is 5.91 Å². The number of carbonyl (C=O) groups is 2. The lowest BCUT2D eigenvalue weighted by atomic mass is 10.1. The molecular weight excluding hydrogens is 242 g/mol. The van der Waals surface area contributed by atoms with E-state index in [0.29, 0.717) is 6.42 Å². The normalized spacial score (nSPS) is 12.0. The molecule has 1 unspecified atom stereocenters. The molecule has 19 heavy (non-hydrogen) atoms. The standard InChI is InChI=1S/C15H21NO3/c1-11(2)19-15(18)14(16-12(3)17)10-9-13-7-5-4-6-8-13/h4-8,11,14H,9-10H2,1-3H3,(H,16,17). The molecule has 0 heterocycles.